The Kier molecular flexibility index (Phi) is 4.36. The highest BCUT2D eigenvalue weighted by Gasteiger charge is 2.11. The minimum absolute atomic E-state index is 0.651. The van der Waals surface area contributed by atoms with Gasteiger partial charge in [-0.05, 0) is 24.7 Å². The first-order valence-electron chi connectivity index (χ1n) is 5.63. The summed E-state index contributed by atoms with van der Waals surface area (Å²) in [6, 6.07) is 6.14. The molecule has 0 fully saturated rings. The smallest absolute Gasteiger partial charge is 0.162 e. The second-order valence-corrected chi connectivity index (χ2v) is 4.68. The Morgan fingerprint density at radius 1 is 1.25 bits per heavy atom. The van der Waals surface area contributed by atoms with Crippen molar-refractivity contribution in [1.29, 1.82) is 0 Å². The highest BCUT2D eigenvalue weighted by Crippen LogP contribution is 2.33. The molecular weight excluding hydrogens is 222 g/mol. The molecule has 1 aromatic carbocycles. The third-order valence-electron chi connectivity index (χ3n) is 2.31. The van der Waals surface area contributed by atoms with E-state index in [1.165, 1.54) is 4.90 Å². The van der Waals surface area contributed by atoms with Crippen molar-refractivity contribution in [2.75, 3.05) is 32.1 Å². The molecule has 1 heterocycles. The SMILES string of the molecule is CCNCCSc1ccc2c(c1)OCCO2. The Morgan fingerprint density at radius 2 is 2.06 bits per heavy atom. The molecular formula is C12H17NO2S. The number of hydrogen-bond donors (Lipinski definition) is 1. The van der Waals surface area contributed by atoms with Gasteiger partial charge in [-0.3, -0.25) is 0 Å². The van der Waals surface area contributed by atoms with Gasteiger partial charge in [0.2, 0.25) is 0 Å². The van der Waals surface area contributed by atoms with Crippen LogP contribution in [0.25, 0.3) is 0 Å². The predicted molar refractivity (Wildman–Crippen MR) is 66.7 cm³/mol. The summed E-state index contributed by atoms with van der Waals surface area (Å²) < 4.78 is 11.0. The summed E-state index contributed by atoms with van der Waals surface area (Å²) >= 11 is 1.84. The van der Waals surface area contributed by atoms with Crippen LogP contribution in [0.1, 0.15) is 6.92 Å². The molecule has 0 saturated heterocycles. The van der Waals surface area contributed by atoms with Crippen molar-refractivity contribution in [3.63, 3.8) is 0 Å². The maximum atomic E-state index is 5.54. The van der Waals surface area contributed by atoms with E-state index in [0.717, 1.165) is 30.3 Å². The normalized spacial score (nSPS) is 13.8. The predicted octanol–water partition coefficient (Wildman–Crippen LogP) is 2.16. The summed E-state index contributed by atoms with van der Waals surface area (Å²) in [5.41, 5.74) is 0. The van der Waals surface area contributed by atoms with Crippen LogP contribution in [0.15, 0.2) is 23.1 Å². The molecule has 0 unspecified atom stereocenters. The zero-order valence-corrected chi connectivity index (χ0v) is 10.3. The Bertz CT molecular complexity index is 344. The van der Waals surface area contributed by atoms with Gasteiger partial charge in [0.1, 0.15) is 13.2 Å². The molecule has 0 aromatic heterocycles. The van der Waals surface area contributed by atoms with Crippen molar-refractivity contribution in [3.05, 3.63) is 18.2 Å². The molecule has 1 aliphatic rings. The van der Waals surface area contributed by atoms with E-state index in [4.69, 9.17) is 9.47 Å². The largest absolute Gasteiger partial charge is 0.486 e. The fourth-order valence-corrected chi connectivity index (χ4v) is 2.37. The molecule has 16 heavy (non-hydrogen) atoms. The van der Waals surface area contributed by atoms with Gasteiger partial charge < -0.3 is 14.8 Å². The Labute approximate surface area is 101 Å². The van der Waals surface area contributed by atoms with Crippen molar-refractivity contribution in [1.82, 2.24) is 5.32 Å². The maximum absolute atomic E-state index is 5.54. The zero-order chi connectivity index (χ0) is 11.2. The number of rotatable bonds is 5. The lowest BCUT2D eigenvalue weighted by atomic mass is 10.3. The van der Waals surface area contributed by atoms with Crippen LogP contribution in [0, 0.1) is 0 Å². The number of ether oxygens (including phenoxy) is 2. The second-order valence-electron chi connectivity index (χ2n) is 3.51. The summed E-state index contributed by atoms with van der Waals surface area (Å²) in [7, 11) is 0. The monoisotopic (exact) mass is 239 g/mol. The average Bonchev–Trinajstić information content (AvgIpc) is 2.34. The van der Waals surface area contributed by atoms with Crippen molar-refractivity contribution in [2.45, 2.75) is 11.8 Å². The van der Waals surface area contributed by atoms with Gasteiger partial charge in [-0.15, -0.1) is 11.8 Å². The fraction of sp³-hybridized carbons (Fsp3) is 0.500. The molecule has 1 N–H and O–H groups in total. The molecule has 0 bridgehead atoms. The minimum atomic E-state index is 0.651. The van der Waals surface area contributed by atoms with Gasteiger partial charge in [-0.25, -0.2) is 0 Å². The van der Waals surface area contributed by atoms with Gasteiger partial charge in [-0.2, -0.15) is 0 Å². The molecule has 0 aliphatic carbocycles. The maximum Gasteiger partial charge on any atom is 0.162 e. The second kappa shape index (κ2) is 6.01. The van der Waals surface area contributed by atoms with Crippen LogP contribution in [0.4, 0.5) is 0 Å². The lowest BCUT2D eigenvalue weighted by Crippen LogP contribution is -2.16. The lowest BCUT2D eigenvalue weighted by molar-refractivity contribution is 0.171. The molecule has 0 spiro atoms. The van der Waals surface area contributed by atoms with Crippen LogP contribution in [0.3, 0.4) is 0 Å². The summed E-state index contributed by atoms with van der Waals surface area (Å²) in [5.74, 6) is 2.81. The van der Waals surface area contributed by atoms with Crippen LogP contribution >= 0.6 is 11.8 Å². The average molecular weight is 239 g/mol. The number of hydrogen-bond acceptors (Lipinski definition) is 4. The fourth-order valence-electron chi connectivity index (χ4n) is 1.53. The third kappa shape index (κ3) is 3.06. The topological polar surface area (TPSA) is 30.5 Å². The summed E-state index contributed by atoms with van der Waals surface area (Å²) in [4.78, 5) is 1.24. The van der Waals surface area contributed by atoms with Crippen LogP contribution in [-0.4, -0.2) is 32.1 Å². The van der Waals surface area contributed by atoms with E-state index in [0.29, 0.717) is 13.2 Å². The number of nitrogens with one attached hydrogen (secondary N) is 1. The van der Waals surface area contributed by atoms with E-state index in [1.807, 2.05) is 17.8 Å². The van der Waals surface area contributed by atoms with Gasteiger partial charge in [-0.1, -0.05) is 6.92 Å². The van der Waals surface area contributed by atoms with Gasteiger partial charge in [0.25, 0.3) is 0 Å². The van der Waals surface area contributed by atoms with Crippen LogP contribution in [-0.2, 0) is 0 Å². The zero-order valence-electron chi connectivity index (χ0n) is 9.49. The van der Waals surface area contributed by atoms with Gasteiger partial charge in [0.05, 0.1) is 0 Å². The van der Waals surface area contributed by atoms with Crippen molar-refractivity contribution in [3.8, 4) is 11.5 Å². The first-order valence-corrected chi connectivity index (χ1v) is 6.62. The molecule has 4 heteroatoms. The molecule has 88 valence electrons. The molecule has 1 aromatic rings. The van der Waals surface area contributed by atoms with E-state index in [1.54, 1.807) is 0 Å². The van der Waals surface area contributed by atoms with E-state index in [-0.39, 0.29) is 0 Å². The van der Waals surface area contributed by atoms with Crippen LogP contribution in [0.5, 0.6) is 11.5 Å². The third-order valence-corrected chi connectivity index (χ3v) is 3.31. The summed E-state index contributed by atoms with van der Waals surface area (Å²) in [6.45, 7) is 5.49. The summed E-state index contributed by atoms with van der Waals surface area (Å²) in [5, 5.41) is 3.30. The van der Waals surface area contributed by atoms with Crippen molar-refractivity contribution >= 4 is 11.8 Å². The lowest BCUT2D eigenvalue weighted by Gasteiger charge is -2.18. The Hall–Kier alpha value is -0.870. The molecule has 0 radical (unpaired) electrons. The van der Waals surface area contributed by atoms with Gasteiger partial charge >= 0.3 is 0 Å². The molecule has 0 saturated carbocycles. The van der Waals surface area contributed by atoms with Crippen molar-refractivity contribution in [2.24, 2.45) is 0 Å². The minimum Gasteiger partial charge on any atom is -0.486 e. The Morgan fingerprint density at radius 3 is 2.88 bits per heavy atom. The van der Waals surface area contributed by atoms with Crippen LogP contribution in [0.2, 0.25) is 0 Å². The van der Waals surface area contributed by atoms with E-state index in [2.05, 4.69) is 24.4 Å². The number of fused-ring (bicyclic) bond motifs is 1. The first-order chi connectivity index (χ1) is 7.90. The van der Waals surface area contributed by atoms with Crippen LogP contribution < -0.4 is 14.8 Å². The van der Waals surface area contributed by atoms with Gasteiger partial charge in [0.15, 0.2) is 11.5 Å². The van der Waals surface area contributed by atoms with E-state index in [9.17, 15) is 0 Å². The molecule has 0 atom stereocenters. The number of benzene rings is 1. The standard InChI is InChI=1S/C12H17NO2S/c1-2-13-5-8-16-10-3-4-11-12(9-10)15-7-6-14-11/h3-4,9,13H,2,5-8H2,1H3. The number of thioether (sulfide) groups is 1. The highest BCUT2D eigenvalue weighted by atomic mass is 32.2. The summed E-state index contributed by atoms with van der Waals surface area (Å²) in [6.07, 6.45) is 0. The highest BCUT2D eigenvalue weighted by molar-refractivity contribution is 7.99. The van der Waals surface area contributed by atoms with Crippen molar-refractivity contribution < 1.29 is 9.47 Å². The molecule has 2 rings (SSSR count). The van der Waals surface area contributed by atoms with E-state index < -0.39 is 0 Å². The molecule has 1 aliphatic heterocycles. The first kappa shape index (κ1) is 11.6. The quantitative estimate of drug-likeness (QED) is 0.630. The molecule has 0 amide bonds. The van der Waals surface area contributed by atoms with E-state index >= 15 is 0 Å². The molecule has 3 nitrogen and oxygen atoms in total. The van der Waals surface area contributed by atoms with Gasteiger partial charge in [0, 0.05) is 17.2 Å². The Balaban J connectivity index is 1.90.